The van der Waals surface area contributed by atoms with Gasteiger partial charge in [0.1, 0.15) is 5.82 Å². The highest BCUT2D eigenvalue weighted by Gasteiger charge is 2.18. The second kappa shape index (κ2) is 8.23. The molecule has 3 aromatic heterocycles. The third-order valence-corrected chi connectivity index (χ3v) is 6.49. The summed E-state index contributed by atoms with van der Waals surface area (Å²) in [6, 6.07) is 15.9. The molecule has 0 aliphatic rings. The lowest BCUT2D eigenvalue weighted by molar-refractivity contribution is 0.687. The van der Waals surface area contributed by atoms with Gasteiger partial charge in [-0.25, -0.2) is 0 Å². The van der Waals surface area contributed by atoms with E-state index in [9.17, 15) is 4.79 Å². The normalized spacial score (nSPS) is 11.6. The van der Waals surface area contributed by atoms with Crippen LogP contribution in [0.1, 0.15) is 25.2 Å². The van der Waals surface area contributed by atoms with E-state index in [-0.39, 0.29) is 5.56 Å². The van der Waals surface area contributed by atoms with E-state index in [1.807, 2.05) is 41.7 Å². The number of benzene rings is 2. The van der Waals surface area contributed by atoms with Crippen molar-refractivity contribution in [2.45, 2.75) is 44.8 Å². The van der Waals surface area contributed by atoms with Crippen molar-refractivity contribution < 1.29 is 0 Å². The van der Waals surface area contributed by atoms with Gasteiger partial charge in [-0.15, -0.1) is 20.4 Å². The quantitative estimate of drug-likeness (QED) is 0.368. The summed E-state index contributed by atoms with van der Waals surface area (Å²) in [5, 5.41) is 19.1. The van der Waals surface area contributed by atoms with Gasteiger partial charge in [-0.05, 0) is 39.0 Å². The maximum Gasteiger partial charge on any atom is 0.262 e. The number of hydrogen-bond acceptors (Lipinski definition) is 6. The Kier molecular flexibility index (Phi) is 5.26. The first-order valence-electron chi connectivity index (χ1n) is 10.6. The standard InChI is InChI=1S/C23H23N7OS/c1-4-28-20(16-10-8-9-15(3)13-16)25-27-23(28)32-14-19-24-26-22-29(5-2)21(31)17-11-6-7-12-18(17)30(19)22/h6-13H,4-5,14H2,1-3H3. The Balaban J connectivity index is 1.54. The van der Waals surface area contributed by atoms with Crippen LogP contribution in [-0.4, -0.2) is 33.9 Å². The van der Waals surface area contributed by atoms with Gasteiger partial charge in [0.25, 0.3) is 5.56 Å². The van der Waals surface area contributed by atoms with E-state index in [1.165, 1.54) is 5.56 Å². The predicted octanol–water partition coefficient (Wildman–Crippen LogP) is 3.94. The molecule has 0 amide bonds. The van der Waals surface area contributed by atoms with Crippen molar-refractivity contribution in [1.82, 2.24) is 33.9 Å². The van der Waals surface area contributed by atoms with Gasteiger partial charge in [0.2, 0.25) is 5.78 Å². The molecule has 0 N–H and O–H groups in total. The monoisotopic (exact) mass is 445 g/mol. The fraction of sp³-hybridized carbons (Fsp3) is 0.261. The molecule has 162 valence electrons. The number of rotatable bonds is 6. The van der Waals surface area contributed by atoms with Crippen LogP contribution in [-0.2, 0) is 18.8 Å². The van der Waals surface area contributed by atoms with Gasteiger partial charge in [0.05, 0.1) is 16.7 Å². The van der Waals surface area contributed by atoms with E-state index in [0.29, 0.717) is 23.5 Å². The highest BCUT2D eigenvalue weighted by molar-refractivity contribution is 7.98. The molecule has 5 aromatic rings. The van der Waals surface area contributed by atoms with E-state index in [1.54, 1.807) is 16.3 Å². The van der Waals surface area contributed by atoms with Crippen LogP contribution < -0.4 is 5.56 Å². The van der Waals surface area contributed by atoms with Crippen molar-refractivity contribution in [3.63, 3.8) is 0 Å². The van der Waals surface area contributed by atoms with Crippen molar-refractivity contribution in [3.8, 4) is 11.4 Å². The van der Waals surface area contributed by atoms with Crippen molar-refractivity contribution in [1.29, 1.82) is 0 Å². The minimum absolute atomic E-state index is 0.0456. The topological polar surface area (TPSA) is 82.9 Å². The molecule has 9 heteroatoms. The van der Waals surface area contributed by atoms with Crippen molar-refractivity contribution >= 4 is 28.4 Å². The number of hydrogen-bond donors (Lipinski definition) is 0. The fourth-order valence-electron chi connectivity index (χ4n) is 4.00. The molecule has 0 saturated carbocycles. The number of aryl methyl sites for hydroxylation is 2. The van der Waals surface area contributed by atoms with Gasteiger partial charge in [-0.1, -0.05) is 47.7 Å². The molecule has 0 aliphatic carbocycles. The summed E-state index contributed by atoms with van der Waals surface area (Å²) in [5.41, 5.74) is 3.01. The number of nitrogens with zero attached hydrogens (tertiary/aromatic N) is 7. The number of para-hydroxylation sites is 1. The van der Waals surface area contributed by atoms with Gasteiger partial charge < -0.3 is 4.57 Å². The maximum absolute atomic E-state index is 12.9. The van der Waals surface area contributed by atoms with Crippen molar-refractivity contribution in [2.75, 3.05) is 0 Å². The lowest BCUT2D eigenvalue weighted by Crippen LogP contribution is -2.22. The Morgan fingerprint density at radius 3 is 2.50 bits per heavy atom. The Hall–Kier alpha value is -3.46. The molecule has 0 unspecified atom stereocenters. The summed E-state index contributed by atoms with van der Waals surface area (Å²) in [5.74, 6) is 2.74. The lowest BCUT2D eigenvalue weighted by Gasteiger charge is -2.10. The lowest BCUT2D eigenvalue weighted by atomic mass is 10.1. The summed E-state index contributed by atoms with van der Waals surface area (Å²) >= 11 is 1.57. The fourth-order valence-corrected chi connectivity index (χ4v) is 4.92. The zero-order chi connectivity index (χ0) is 22.2. The van der Waals surface area contributed by atoms with Gasteiger partial charge in [0.15, 0.2) is 11.0 Å². The van der Waals surface area contributed by atoms with E-state index in [0.717, 1.165) is 34.4 Å². The first-order chi connectivity index (χ1) is 15.6. The molecule has 0 fully saturated rings. The second-order valence-electron chi connectivity index (χ2n) is 7.53. The van der Waals surface area contributed by atoms with Crippen molar-refractivity contribution in [3.05, 3.63) is 70.3 Å². The van der Waals surface area contributed by atoms with Gasteiger partial charge in [-0.2, -0.15) is 0 Å². The predicted molar refractivity (Wildman–Crippen MR) is 126 cm³/mol. The highest BCUT2D eigenvalue weighted by atomic mass is 32.2. The van der Waals surface area contributed by atoms with Crippen LogP contribution in [0.2, 0.25) is 0 Å². The van der Waals surface area contributed by atoms with Crippen LogP contribution in [0.3, 0.4) is 0 Å². The van der Waals surface area contributed by atoms with Crippen LogP contribution in [0.5, 0.6) is 0 Å². The molecule has 3 heterocycles. The molecule has 2 aromatic carbocycles. The number of thioether (sulfide) groups is 1. The zero-order valence-corrected chi connectivity index (χ0v) is 19.0. The smallest absolute Gasteiger partial charge is 0.262 e. The van der Waals surface area contributed by atoms with E-state index >= 15 is 0 Å². The molecule has 0 saturated heterocycles. The minimum atomic E-state index is -0.0456. The second-order valence-corrected chi connectivity index (χ2v) is 8.47. The first-order valence-corrected chi connectivity index (χ1v) is 11.6. The third kappa shape index (κ3) is 3.29. The zero-order valence-electron chi connectivity index (χ0n) is 18.2. The molecule has 32 heavy (non-hydrogen) atoms. The molecule has 0 spiro atoms. The molecule has 8 nitrogen and oxygen atoms in total. The maximum atomic E-state index is 12.9. The summed E-state index contributed by atoms with van der Waals surface area (Å²) in [6.07, 6.45) is 0. The number of aromatic nitrogens is 7. The largest absolute Gasteiger partial charge is 0.302 e. The Morgan fingerprint density at radius 2 is 1.72 bits per heavy atom. The van der Waals surface area contributed by atoms with Gasteiger partial charge >= 0.3 is 0 Å². The molecular weight excluding hydrogens is 422 g/mol. The summed E-state index contributed by atoms with van der Waals surface area (Å²) in [6.45, 7) is 7.39. The van der Waals surface area contributed by atoms with E-state index < -0.39 is 0 Å². The Bertz CT molecular complexity index is 1500. The molecular formula is C23H23N7OS. The van der Waals surface area contributed by atoms with Crippen LogP contribution in [0.4, 0.5) is 0 Å². The van der Waals surface area contributed by atoms with Crippen LogP contribution >= 0.6 is 11.8 Å². The van der Waals surface area contributed by atoms with E-state index in [4.69, 9.17) is 0 Å². The van der Waals surface area contributed by atoms with Crippen LogP contribution in [0.15, 0.2) is 58.5 Å². The van der Waals surface area contributed by atoms with Crippen molar-refractivity contribution in [2.24, 2.45) is 0 Å². The van der Waals surface area contributed by atoms with E-state index in [2.05, 4.69) is 57.0 Å². The highest BCUT2D eigenvalue weighted by Crippen LogP contribution is 2.27. The SMILES string of the molecule is CCn1c(SCc2nnc3n(CC)c(=O)c4ccccc4n23)nnc1-c1cccc(C)c1. The average Bonchev–Trinajstić information content (AvgIpc) is 3.42. The molecule has 0 bridgehead atoms. The molecule has 0 radical (unpaired) electrons. The Morgan fingerprint density at radius 1 is 0.906 bits per heavy atom. The first kappa shape index (κ1) is 20.4. The summed E-state index contributed by atoms with van der Waals surface area (Å²) < 4.78 is 5.75. The van der Waals surface area contributed by atoms with Gasteiger partial charge in [0, 0.05) is 18.7 Å². The van der Waals surface area contributed by atoms with Gasteiger partial charge in [-0.3, -0.25) is 13.8 Å². The number of fused-ring (bicyclic) bond motifs is 3. The molecule has 5 rings (SSSR count). The summed E-state index contributed by atoms with van der Waals surface area (Å²) in [7, 11) is 0. The van der Waals surface area contributed by atoms with Crippen LogP contribution in [0.25, 0.3) is 28.1 Å². The minimum Gasteiger partial charge on any atom is -0.302 e. The Labute approximate surface area is 188 Å². The summed E-state index contributed by atoms with van der Waals surface area (Å²) in [4.78, 5) is 12.9. The molecule has 0 aliphatic heterocycles. The molecule has 0 atom stereocenters. The third-order valence-electron chi connectivity index (χ3n) is 5.53. The average molecular weight is 446 g/mol. The van der Waals surface area contributed by atoms with Crippen LogP contribution in [0, 0.1) is 6.92 Å².